The van der Waals surface area contributed by atoms with Crippen LogP contribution in [0.25, 0.3) is 0 Å². The maximum atomic E-state index is 12.1. The number of carbonyl (C=O) groups is 2. The zero-order valence-electron chi connectivity index (χ0n) is 13.7. The largest absolute Gasteiger partial charge is 0.550 e. The lowest BCUT2D eigenvalue weighted by Gasteiger charge is -2.27. The molecule has 4 nitrogen and oxygen atoms in total. The molecule has 1 aliphatic carbocycles. The van der Waals surface area contributed by atoms with Crippen molar-refractivity contribution in [3.63, 3.8) is 0 Å². The van der Waals surface area contributed by atoms with E-state index in [4.69, 9.17) is 0 Å². The molecule has 4 heteroatoms. The van der Waals surface area contributed by atoms with Gasteiger partial charge in [-0.05, 0) is 31.1 Å². The Hall–Kier alpha value is -1.06. The molecule has 0 aromatic rings. The van der Waals surface area contributed by atoms with Crippen molar-refractivity contribution < 1.29 is 14.7 Å². The van der Waals surface area contributed by atoms with Crippen LogP contribution in [-0.2, 0) is 9.59 Å². The number of carbonyl (C=O) groups excluding carboxylic acids is 2. The molecule has 0 aromatic heterocycles. The molecule has 0 unspecified atom stereocenters. The van der Waals surface area contributed by atoms with Crippen LogP contribution in [0.15, 0.2) is 0 Å². The van der Waals surface area contributed by atoms with Gasteiger partial charge in [0.1, 0.15) is 0 Å². The minimum absolute atomic E-state index is 0.00908. The molecular weight excluding hydrogens is 266 g/mol. The lowest BCUT2D eigenvalue weighted by Crippen LogP contribution is -2.40. The Morgan fingerprint density at radius 1 is 1.10 bits per heavy atom. The molecule has 0 radical (unpaired) electrons. The number of amides is 1. The molecule has 0 aliphatic heterocycles. The second kappa shape index (κ2) is 9.06. The Kier molecular flexibility index (Phi) is 7.76. The van der Waals surface area contributed by atoms with Gasteiger partial charge in [0.2, 0.25) is 5.91 Å². The number of carboxylic acid groups (broad SMARTS) is 1. The summed E-state index contributed by atoms with van der Waals surface area (Å²) in [4.78, 5) is 23.3. The van der Waals surface area contributed by atoms with E-state index in [-0.39, 0.29) is 24.3 Å². The lowest BCUT2D eigenvalue weighted by atomic mass is 9.85. The van der Waals surface area contributed by atoms with E-state index in [1.165, 1.54) is 19.3 Å². The van der Waals surface area contributed by atoms with Gasteiger partial charge in [0.25, 0.3) is 0 Å². The molecule has 122 valence electrons. The van der Waals surface area contributed by atoms with Gasteiger partial charge in [-0.25, -0.2) is 0 Å². The summed E-state index contributed by atoms with van der Waals surface area (Å²) in [6.45, 7) is 6.00. The summed E-state index contributed by atoms with van der Waals surface area (Å²) in [5.41, 5.74) is 0. The zero-order valence-corrected chi connectivity index (χ0v) is 13.7. The molecule has 21 heavy (non-hydrogen) atoms. The van der Waals surface area contributed by atoms with Gasteiger partial charge in [-0.1, -0.05) is 46.5 Å². The highest BCUT2D eigenvalue weighted by Crippen LogP contribution is 2.23. The summed E-state index contributed by atoms with van der Waals surface area (Å²) in [5.74, 6) is -1.25. The smallest absolute Gasteiger partial charge is 0.220 e. The first-order valence-electron chi connectivity index (χ1n) is 8.40. The van der Waals surface area contributed by atoms with Crippen LogP contribution in [0.3, 0.4) is 0 Å². The highest BCUT2D eigenvalue weighted by Gasteiger charge is 2.23. The van der Waals surface area contributed by atoms with Crippen molar-refractivity contribution in [3.8, 4) is 0 Å². The molecule has 1 amide bonds. The summed E-state index contributed by atoms with van der Waals surface area (Å²) >= 11 is 0. The minimum Gasteiger partial charge on any atom is -0.550 e. The molecule has 0 bridgehead atoms. The van der Waals surface area contributed by atoms with Gasteiger partial charge in [-0.3, -0.25) is 4.79 Å². The third-order valence-electron chi connectivity index (χ3n) is 4.52. The molecule has 1 N–H and O–H groups in total. The maximum absolute atomic E-state index is 12.1. The maximum Gasteiger partial charge on any atom is 0.220 e. The van der Waals surface area contributed by atoms with Crippen molar-refractivity contribution in [2.45, 2.75) is 78.2 Å². The van der Waals surface area contributed by atoms with Crippen LogP contribution in [0.5, 0.6) is 0 Å². The fraction of sp³-hybridized carbons (Fsp3) is 0.882. The highest BCUT2D eigenvalue weighted by molar-refractivity contribution is 5.77. The Balaban J connectivity index is 2.41. The quantitative estimate of drug-likeness (QED) is 0.747. The Morgan fingerprint density at radius 3 is 2.24 bits per heavy atom. The number of hydrogen-bond acceptors (Lipinski definition) is 3. The molecule has 1 aliphatic rings. The second-order valence-corrected chi connectivity index (χ2v) is 6.98. The topological polar surface area (TPSA) is 69.2 Å². The molecule has 0 aromatic carbocycles. The number of carboxylic acids is 1. The molecule has 0 saturated heterocycles. The van der Waals surface area contributed by atoms with Crippen LogP contribution in [-0.4, -0.2) is 17.9 Å². The van der Waals surface area contributed by atoms with Gasteiger partial charge in [-0.2, -0.15) is 0 Å². The SMILES string of the molecule is CC(C)CC[C@H](C(=O)[O-])[C@@H](C)CC(=O)NC1CCCCC1. The van der Waals surface area contributed by atoms with E-state index in [0.717, 1.165) is 19.3 Å². The molecule has 0 spiro atoms. The Labute approximate surface area is 128 Å². The Morgan fingerprint density at radius 2 is 1.71 bits per heavy atom. The van der Waals surface area contributed by atoms with Gasteiger partial charge in [0, 0.05) is 24.3 Å². The number of aliphatic carboxylic acids is 1. The fourth-order valence-corrected chi connectivity index (χ4v) is 3.12. The third kappa shape index (κ3) is 6.96. The van der Waals surface area contributed by atoms with Crippen LogP contribution in [0.1, 0.15) is 72.1 Å². The predicted octanol–water partition coefficient (Wildman–Crippen LogP) is 2.26. The summed E-state index contributed by atoms with van der Waals surface area (Å²) in [7, 11) is 0. The summed E-state index contributed by atoms with van der Waals surface area (Å²) in [5, 5.41) is 14.3. The predicted molar refractivity (Wildman–Crippen MR) is 81.4 cm³/mol. The van der Waals surface area contributed by atoms with E-state index in [2.05, 4.69) is 19.2 Å². The van der Waals surface area contributed by atoms with Crippen LogP contribution < -0.4 is 10.4 Å². The standard InChI is InChI=1S/C17H31NO3/c1-12(2)9-10-15(17(20)21)13(3)11-16(19)18-14-7-5-4-6-8-14/h12-15H,4-11H2,1-3H3,(H,18,19)(H,20,21)/p-1/t13-,15-/m0/s1. The molecule has 1 fully saturated rings. The van der Waals surface area contributed by atoms with Gasteiger partial charge in [0.15, 0.2) is 0 Å². The average molecular weight is 296 g/mol. The summed E-state index contributed by atoms with van der Waals surface area (Å²) in [6, 6.07) is 0.288. The van der Waals surface area contributed by atoms with Crippen molar-refractivity contribution in [3.05, 3.63) is 0 Å². The lowest BCUT2D eigenvalue weighted by molar-refractivity contribution is -0.313. The summed E-state index contributed by atoms with van der Waals surface area (Å²) < 4.78 is 0. The first-order valence-corrected chi connectivity index (χ1v) is 8.40. The average Bonchev–Trinajstić information content (AvgIpc) is 2.38. The first-order chi connectivity index (χ1) is 9.90. The van der Waals surface area contributed by atoms with E-state index in [1.54, 1.807) is 0 Å². The highest BCUT2D eigenvalue weighted by atomic mass is 16.4. The van der Waals surface area contributed by atoms with E-state index < -0.39 is 11.9 Å². The fourth-order valence-electron chi connectivity index (χ4n) is 3.12. The van der Waals surface area contributed by atoms with E-state index >= 15 is 0 Å². The third-order valence-corrected chi connectivity index (χ3v) is 4.52. The van der Waals surface area contributed by atoms with Crippen LogP contribution >= 0.6 is 0 Å². The number of nitrogens with one attached hydrogen (secondary N) is 1. The van der Waals surface area contributed by atoms with E-state index in [9.17, 15) is 14.7 Å². The second-order valence-electron chi connectivity index (χ2n) is 6.98. The van der Waals surface area contributed by atoms with Crippen molar-refractivity contribution in [2.24, 2.45) is 17.8 Å². The Bertz CT molecular complexity index is 335. The van der Waals surface area contributed by atoms with Crippen molar-refractivity contribution >= 4 is 11.9 Å². The molecule has 0 heterocycles. The molecule has 1 saturated carbocycles. The van der Waals surface area contributed by atoms with E-state index in [1.807, 2.05) is 6.92 Å². The van der Waals surface area contributed by atoms with Crippen molar-refractivity contribution in [2.75, 3.05) is 0 Å². The van der Waals surface area contributed by atoms with Gasteiger partial charge >= 0.3 is 0 Å². The molecular formula is C17H30NO3-. The van der Waals surface area contributed by atoms with Crippen LogP contribution in [0, 0.1) is 17.8 Å². The zero-order chi connectivity index (χ0) is 15.8. The van der Waals surface area contributed by atoms with Gasteiger partial charge in [-0.15, -0.1) is 0 Å². The normalized spacial score (nSPS) is 19.2. The van der Waals surface area contributed by atoms with Gasteiger partial charge in [0.05, 0.1) is 0 Å². The van der Waals surface area contributed by atoms with Crippen molar-refractivity contribution in [1.29, 1.82) is 0 Å². The number of hydrogen-bond donors (Lipinski definition) is 1. The number of rotatable bonds is 8. The molecule has 1 rings (SSSR count). The van der Waals surface area contributed by atoms with Gasteiger partial charge < -0.3 is 15.2 Å². The van der Waals surface area contributed by atoms with Crippen LogP contribution in [0.4, 0.5) is 0 Å². The minimum atomic E-state index is -1.02. The molecule has 2 atom stereocenters. The van der Waals surface area contributed by atoms with Crippen molar-refractivity contribution in [1.82, 2.24) is 5.32 Å². The summed E-state index contributed by atoms with van der Waals surface area (Å²) in [6.07, 6.45) is 7.45. The monoisotopic (exact) mass is 296 g/mol. The van der Waals surface area contributed by atoms with Crippen LogP contribution in [0.2, 0.25) is 0 Å². The van der Waals surface area contributed by atoms with E-state index in [0.29, 0.717) is 12.3 Å². The first kappa shape index (κ1) is 18.0.